The summed E-state index contributed by atoms with van der Waals surface area (Å²) in [6.07, 6.45) is 12.9. The van der Waals surface area contributed by atoms with Gasteiger partial charge in [-0.1, -0.05) is 6.07 Å². The summed E-state index contributed by atoms with van der Waals surface area (Å²) in [5, 5.41) is 7.87. The third kappa shape index (κ3) is 2.82. The molecule has 1 aliphatic heterocycles. The van der Waals surface area contributed by atoms with Crippen molar-refractivity contribution in [3.8, 4) is 0 Å². The molecule has 0 saturated heterocycles. The number of aromatic nitrogens is 4. The molecule has 2 atom stereocenters. The quantitative estimate of drug-likeness (QED) is 0.854. The molecule has 2 unspecified atom stereocenters. The van der Waals surface area contributed by atoms with E-state index in [1.165, 1.54) is 24.8 Å². The molecule has 0 aromatic carbocycles. The molecule has 4 saturated carbocycles. The summed E-state index contributed by atoms with van der Waals surface area (Å²) in [7, 11) is 0. The molecule has 2 aromatic rings. The first kappa shape index (κ1) is 17.6. The standard InChI is InChI=1S/C23H29N5O/c1-14-19(18-3-2-6-24-13-18)4-5-20-25-22(27-28(14)20)26-21(29)23-10-15-7-16(11-23)9-17(8-15)12-23/h2-3,6,13-17,19H,4-5,7-12H2,1H3,(H,26,27,29). The minimum absolute atomic E-state index is 0.162. The highest BCUT2D eigenvalue weighted by molar-refractivity contribution is 5.94. The van der Waals surface area contributed by atoms with Crippen molar-refractivity contribution in [1.29, 1.82) is 0 Å². The Hall–Kier alpha value is -2.24. The van der Waals surface area contributed by atoms with Crippen LogP contribution in [-0.4, -0.2) is 25.7 Å². The molecule has 7 rings (SSSR count). The Balaban J connectivity index is 1.22. The van der Waals surface area contributed by atoms with Gasteiger partial charge in [-0.2, -0.15) is 4.98 Å². The Bertz CT molecular complexity index is 901. The number of carbonyl (C=O) groups excluding carboxylic acids is 1. The van der Waals surface area contributed by atoms with Crippen molar-refractivity contribution < 1.29 is 4.79 Å². The number of hydrogen-bond acceptors (Lipinski definition) is 4. The Labute approximate surface area is 171 Å². The number of rotatable bonds is 3. The minimum Gasteiger partial charge on any atom is -0.293 e. The first-order valence-corrected chi connectivity index (χ1v) is 11.3. The highest BCUT2D eigenvalue weighted by atomic mass is 16.2. The number of pyridine rings is 1. The topological polar surface area (TPSA) is 72.7 Å². The second-order valence-electron chi connectivity index (χ2n) is 10.1. The van der Waals surface area contributed by atoms with Crippen LogP contribution in [0.25, 0.3) is 0 Å². The first-order valence-electron chi connectivity index (χ1n) is 11.3. The monoisotopic (exact) mass is 391 g/mol. The molecule has 6 nitrogen and oxygen atoms in total. The van der Waals surface area contributed by atoms with Gasteiger partial charge in [0.1, 0.15) is 5.82 Å². The number of amides is 1. The third-order valence-corrected chi connectivity index (χ3v) is 8.21. The van der Waals surface area contributed by atoms with Gasteiger partial charge in [0.25, 0.3) is 0 Å². The Kier molecular flexibility index (Phi) is 3.87. The van der Waals surface area contributed by atoms with Gasteiger partial charge in [-0.05, 0) is 81.3 Å². The molecule has 4 bridgehead atoms. The molecule has 29 heavy (non-hydrogen) atoms. The zero-order valence-electron chi connectivity index (χ0n) is 17.1. The molecule has 6 heteroatoms. The highest BCUT2D eigenvalue weighted by Crippen LogP contribution is 2.60. The largest absolute Gasteiger partial charge is 0.293 e. The molecule has 4 fully saturated rings. The fraction of sp³-hybridized carbons (Fsp3) is 0.652. The van der Waals surface area contributed by atoms with Gasteiger partial charge in [0.15, 0.2) is 0 Å². The van der Waals surface area contributed by atoms with Gasteiger partial charge in [-0.15, -0.1) is 5.10 Å². The van der Waals surface area contributed by atoms with Crippen molar-refractivity contribution in [2.75, 3.05) is 5.32 Å². The fourth-order valence-electron chi connectivity index (χ4n) is 7.26. The van der Waals surface area contributed by atoms with E-state index in [9.17, 15) is 4.79 Å². The van der Waals surface area contributed by atoms with Crippen LogP contribution in [-0.2, 0) is 11.2 Å². The fourth-order valence-corrected chi connectivity index (χ4v) is 7.26. The van der Waals surface area contributed by atoms with E-state index >= 15 is 0 Å². The van der Waals surface area contributed by atoms with Gasteiger partial charge in [0.05, 0.1) is 11.5 Å². The van der Waals surface area contributed by atoms with E-state index < -0.39 is 0 Å². The van der Waals surface area contributed by atoms with Crippen LogP contribution in [0.15, 0.2) is 24.5 Å². The normalized spacial score (nSPS) is 37.3. The number of anilines is 1. The maximum Gasteiger partial charge on any atom is 0.249 e. The lowest BCUT2D eigenvalue weighted by Gasteiger charge is -2.55. The van der Waals surface area contributed by atoms with E-state index in [0.717, 1.165) is 55.7 Å². The van der Waals surface area contributed by atoms with Crippen LogP contribution in [0, 0.1) is 23.2 Å². The molecule has 5 aliphatic rings. The lowest BCUT2D eigenvalue weighted by Crippen LogP contribution is -2.51. The predicted molar refractivity (Wildman–Crippen MR) is 109 cm³/mol. The molecule has 2 aromatic heterocycles. The van der Waals surface area contributed by atoms with Crippen LogP contribution in [0.1, 0.15) is 75.2 Å². The number of carbonyl (C=O) groups is 1. The van der Waals surface area contributed by atoms with Gasteiger partial charge in [0.2, 0.25) is 11.9 Å². The summed E-state index contributed by atoms with van der Waals surface area (Å²) in [4.78, 5) is 22.3. The van der Waals surface area contributed by atoms with Crippen molar-refractivity contribution in [2.45, 2.75) is 70.3 Å². The van der Waals surface area contributed by atoms with Gasteiger partial charge < -0.3 is 0 Å². The summed E-state index contributed by atoms with van der Waals surface area (Å²) >= 11 is 0. The first-order chi connectivity index (χ1) is 14.1. The van der Waals surface area contributed by atoms with Gasteiger partial charge >= 0.3 is 0 Å². The molecule has 0 radical (unpaired) electrons. The average Bonchev–Trinajstić information content (AvgIpc) is 3.11. The van der Waals surface area contributed by atoms with Crippen molar-refractivity contribution in [1.82, 2.24) is 19.7 Å². The smallest absolute Gasteiger partial charge is 0.249 e. The number of nitrogens with one attached hydrogen (secondary N) is 1. The van der Waals surface area contributed by atoms with Crippen LogP contribution < -0.4 is 5.32 Å². The maximum atomic E-state index is 13.3. The van der Waals surface area contributed by atoms with E-state index in [4.69, 9.17) is 10.1 Å². The molecule has 1 N–H and O–H groups in total. The third-order valence-electron chi connectivity index (χ3n) is 8.21. The molecule has 4 aliphatic carbocycles. The molecule has 1 amide bonds. The molecular weight excluding hydrogens is 362 g/mol. The molecule has 3 heterocycles. The number of aryl methyl sites for hydroxylation is 1. The average molecular weight is 392 g/mol. The van der Waals surface area contributed by atoms with E-state index in [0.29, 0.717) is 11.9 Å². The van der Waals surface area contributed by atoms with E-state index in [1.807, 2.05) is 23.1 Å². The van der Waals surface area contributed by atoms with Crippen molar-refractivity contribution in [3.05, 3.63) is 35.9 Å². The molecular formula is C23H29N5O. The van der Waals surface area contributed by atoms with Crippen LogP contribution >= 0.6 is 0 Å². The second-order valence-corrected chi connectivity index (χ2v) is 10.1. The van der Waals surface area contributed by atoms with Gasteiger partial charge in [-0.3, -0.25) is 15.1 Å². The zero-order chi connectivity index (χ0) is 19.6. The number of nitrogens with zero attached hydrogens (tertiary/aromatic N) is 4. The Morgan fingerprint density at radius 3 is 2.55 bits per heavy atom. The molecule has 0 spiro atoms. The number of fused-ring (bicyclic) bond motifs is 1. The summed E-state index contributed by atoms with van der Waals surface area (Å²) in [5.74, 6) is 4.32. The van der Waals surface area contributed by atoms with Crippen molar-refractivity contribution in [3.63, 3.8) is 0 Å². The van der Waals surface area contributed by atoms with Crippen LogP contribution in [0.4, 0.5) is 5.95 Å². The summed E-state index contributed by atoms with van der Waals surface area (Å²) in [5.41, 5.74) is 1.09. The Morgan fingerprint density at radius 2 is 1.90 bits per heavy atom. The maximum absolute atomic E-state index is 13.3. The zero-order valence-corrected chi connectivity index (χ0v) is 17.1. The van der Waals surface area contributed by atoms with E-state index in [1.54, 1.807) is 0 Å². The number of hydrogen-bond donors (Lipinski definition) is 1. The van der Waals surface area contributed by atoms with Gasteiger partial charge in [0, 0.05) is 24.7 Å². The van der Waals surface area contributed by atoms with Crippen LogP contribution in [0.2, 0.25) is 0 Å². The van der Waals surface area contributed by atoms with E-state index in [2.05, 4.69) is 23.3 Å². The van der Waals surface area contributed by atoms with Crippen LogP contribution in [0.3, 0.4) is 0 Å². The lowest BCUT2D eigenvalue weighted by atomic mass is 9.49. The summed E-state index contributed by atoms with van der Waals surface area (Å²) in [6.45, 7) is 2.19. The van der Waals surface area contributed by atoms with Gasteiger partial charge in [-0.25, -0.2) is 4.68 Å². The molecule has 152 valence electrons. The highest BCUT2D eigenvalue weighted by Gasteiger charge is 2.54. The summed E-state index contributed by atoms with van der Waals surface area (Å²) < 4.78 is 2.02. The minimum atomic E-state index is -0.162. The van der Waals surface area contributed by atoms with Crippen molar-refractivity contribution >= 4 is 11.9 Å². The van der Waals surface area contributed by atoms with Crippen LogP contribution in [0.5, 0.6) is 0 Å². The predicted octanol–water partition coefficient (Wildman–Crippen LogP) is 4.12. The lowest BCUT2D eigenvalue weighted by molar-refractivity contribution is -0.140. The SMILES string of the molecule is CC1C(c2cccnc2)CCc2nc(NC(=O)C34CC5CC(CC(C5)C3)C4)nn21. The second kappa shape index (κ2) is 6.38. The Morgan fingerprint density at radius 1 is 1.17 bits per heavy atom. The summed E-state index contributed by atoms with van der Waals surface area (Å²) in [6, 6.07) is 4.35. The van der Waals surface area contributed by atoms with E-state index in [-0.39, 0.29) is 17.4 Å². The van der Waals surface area contributed by atoms with Crippen molar-refractivity contribution in [2.24, 2.45) is 23.2 Å².